The number of hydrogen-bond acceptors (Lipinski definition) is 5. The van der Waals surface area contributed by atoms with Gasteiger partial charge >= 0.3 is 6.09 Å². The highest BCUT2D eigenvalue weighted by molar-refractivity contribution is 5.68. The Hall–Kier alpha value is -1.63. The van der Waals surface area contributed by atoms with Crippen LogP contribution in [0.2, 0.25) is 0 Å². The summed E-state index contributed by atoms with van der Waals surface area (Å²) in [6, 6.07) is 9.32. The number of carbonyl (C=O) groups is 1. The number of hydrogen-bond donors (Lipinski definition) is 2. The van der Waals surface area contributed by atoms with Gasteiger partial charge in [-0.1, -0.05) is 30.3 Å². The number of aliphatic hydroxyl groups is 2. The van der Waals surface area contributed by atoms with E-state index in [0.717, 1.165) is 5.56 Å². The molecule has 1 amide bonds. The van der Waals surface area contributed by atoms with Crippen molar-refractivity contribution in [2.45, 2.75) is 51.2 Å². The Balaban J connectivity index is 1.84. The SMILES string of the molecule is CC(C)(O)OCC[C@@H]1C[C@H](O)CN1C(=O)OCc1ccccc1. The van der Waals surface area contributed by atoms with Crippen molar-refractivity contribution in [1.82, 2.24) is 4.90 Å². The van der Waals surface area contributed by atoms with Gasteiger partial charge in [-0.15, -0.1) is 0 Å². The van der Waals surface area contributed by atoms with Crippen LogP contribution in [0.4, 0.5) is 4.79 Å². The first-order valence-corrected chi connectivity index (χ1v) is 7.87. The second-order valence-electron chi connectivity index (χ2n) is 6.32. The molecular formula is C17H25NO5. The van der Waals surface area contributed by atoms with Crippen LogP contribution in [0, 0.1) is 0 Å². The molecule has 1 saturated heterocycles. The Labute approximate surface area is 136 Å². The zero-order chi connectivity index (χ0) is 16.9. The fourth-order valence-corrected chi connectivity index (χ4v) is 2.64. The number of nitrogens with zero attached hydrogens (tertiary/aromatic N) is 1. The summed E-state index contributed by atoms with van der Waals surface area (Å²) >= 11 is 0. The van der Waals surface area contributed by atoms with Crippen molar-refractivity contribution in [2.24, 2.45) is 0 Å². The first kappa shape index (κ1) is 17.7. The van der Waals surface area contributed by atoms with Crippen molar-refractivity contribution in [2.75, 3.05) is 13.2 Å². The summed E-state index contributed by atoms with van der Waals surface area (Å²) in [4.78, 5) is 13.8. The molecule has 0 spiro atoms. The maximum Gasteiger partial charge on any atom is 0.410 e. The van der Waals surface area contributed by atoms with Gasteiger partial charge in [0.1, 0.15) is 6.61 Å². The third kappa shape index (κ3) is 5.82. The van der Waals surface area contributed by atoms with Gasteiger partial charge in [0.25, 0.3) is 0 Å². The summed E-state index contributed by atoms with van der Waals surface area (Å²) in [5, 5.41) is 19.4. The van der Waals surface area contributed by atoms with E-state index in [0.29, 0.717) is 19.4 Å². The molecule has 0 unspecified atom stereocenters. The predicted octanol–water partition coefficient (Wildman–Crippen LogP) is 1.89. The number of aliphatic hydroxyl groups excluding tert-OH is 1. The standard InChI is InChI=1S/C17H25NO5/c1-17(2,21)23-9-8-14-10-15(19)11-18(14)16(20)22-12-13-6-4-3-5-7-13/h3-7,14-15,19,21H,8-12H2,1-2H3/t14-,15+/m1/s1. The summed E-state index contributed by atoms with van der Waals surface area (Å²) < 4.78 is 10.6. The van der Waals surface area contributed by atoms with E-state index in [9.17, 15) is 15.0 Å². The maximum absolute atomic E-state index is 12.2. The fourth-order valence-electron chi connectivity index (χ4n) is 2.64. The molecular weight excluding hydrogens is 298 g/mol. The smallest absolute Gasteiger partial charge is 0.410 e. The van der Waals surface area contributed by atoms with E-state index in [2.05, 4.69) is 0 Å². The van der Waals surface area contributed by atoms with Crippen molar-refractivity contribution in [1.29, 1.82) is 0 Å². The van der Waals surface area contributed by atoms with Crippen LogP contribution in [0.1, 0.15) is 32.3 Å². The number of β-amino-alcohol motifs (C(OH)–C–C–N with tert-alkyl or cyclic N) is 1. The van der Waals surface area contributed by atoms with Crippen LogP contribution >= 0.6 is 0 Å². The van der Waals surface area contributed by atoms with E-state index < -0.39 is 18.0 Å². The molecule has 0 saturated carbocycles. The third-order valence-corrected chi connectivity index (χ3v) is 3.74. The number of ether oxygens (including phenoxy) is 2. The minimum absolute atomic E-state index is 0.143. The Morgan fingerprint density at radius 3 is 2.70 bits per heavy atom. The molecule has 1 heterocycles. The molecule has 1 aromatic rings. The molecule has 1 aliphatic heterocycles. The Morgan fingerprint density at radius 1 is 1.35 bits per heavy atom. The van der Waals surface area contributed by atoms with Crippen LogP contribution in [0.15, 0.2) is 30.3 Å². The van der Waals surface area contributed by atoms with Crippen molar-refractivity contribution in [3.05, 3.63) is 35.9 Å². The molecule has 2 atom stereocenters. The quantitative estimate of drug-likeness (QED) is 0.782. The predicted molar refractivity (Wildman–Crippen MR) is 84.6 cm³/mol. The average Bonchev–Trinajstić information content (AvgIpc) is 2.85. The Morgan fingerprint density at radius 2 is 2.04 bits per heavy atom. The van der Waals surface area contributed by atoms with Gasteiger partial charge in [0, 0.05) is 6.04 Å². The normalized spacial score (nSPS) is 21.5. The summed E-state index contributed by atoms with van der Waals surface area (Å²) in [6.07, 6.45) is 0.0574. The van der Waals surface area contributed by atoms with Gasteiger partial charge in [-0.2, -0.15) is 0 Å². The summed E-state index contributed by atoms with van der Waals surface area (Å²) in [7, 11) is 0. The highest BCUT2D eigenvalue weighted by Gasteiger charge is 2.35. The second kappa shape index (κ2) is 7.77. The number of amides is 1. The molecule has 1 aliphatic rings. The van der Waals surface area contributed by atoms with Crippen LogP contribution in [-0.2, 0) is 16.1 Å². The van der Waals surface area contributed by atoms with Crippen molar-refractivity contribution in [3.63, 3.8) is 0 Å². The van der Waals surface area contributed by atoms with E-state index in [1.54, 1.807) is 18.7 Å². The van der Waals surface area contributed by atoms with E-state index >= 15 is 0 Å². The molecule has 6 heteroatoms. The number of likely N-dealkylation sites (tertiary alicyclic amines) is 1. The minimum Gasteiger partial charge on any atom is -0.445 e. The third-order valence-electron chi connectivity index (χ3n) is 3.74. The second-order valence-corrected chi connectivity index (χ2v) is 6.32. The largest absolute Gasteiger partial charge is 0.445 e. The average molecular weight is 323 g/mol. The molecule has 128 valence electrons. The lowest BCUT2D eigenvalue weighted by molar-refractivity contribution is -0.177. The molecule has 0 radical (unpaired) electrons. The molecule has 1 aromatic carbocycles. The van der Waals surface area contributed by atoms with Crippen LogP contribution in [0.25, 0.3) is 0 Å². The van der Waals surface area contributed by atoms with Crippen LogP contribution < -0.4 is 0 Å². The first-order chi connectivity index (χ1) is 10.8. The lowest BCUT2D eigenvalue weighted by Crippen LogP contribution is -2.37. The zero-order valence-corrected chi connectivity index (χ0v) is 13.6. The zero-order valence-electron chi connectivity index (χ0n) is 13.6. The molecule has 1 fully saturated rings. The monoisotopic (exact) mass is 323 g/mol. The van der Waals surface area contributed by atoms with Gasteiger partial charge < -0.3 is 24.6 Å². The Bertz CT molecular complexity index is 499. The summed E-state index contributed by atoms with van der Waals surface area (Å²) in [5.41, 5.74) is 0.919. The van der Waals surface area contributed by atoms with Crippen LogP contribution in [-0.4, -0.2) is 52.3 Å². The van der Waals surface area contributed by atoms with Gasteiger partial charge in [0.05, 0.1) is 19.3 Å². The van der Waals surface area contributed by atoms with Gasteiger partial charge in [-0.25, -0.2) is 4.79 Å². The lowest BCUT2D eigenvalue weighted by Gasteiger charge is -2.25. The van der Waals surface area contributed by atoms with E-state index in [1.165, 1.54) is 0 Å². The van der Waals surface area contributed by atoms with E-state index in [-0.39, 0.29) is 19.2 Å². The van der Waals surface area contributed by atoms with Crippen molar-refractivity contribution < 1.29 is 24.5 Å². The minimum atomic E-state index is -1.20. The van der Waals surface area contributed by atoms with E-state index in [4.69, 9.17) is 9.47 Å². The van der Waals surface area contributed by atoms with Crippen molar-refractivity contribution in [3.8, 4) is 0 Å². The highest BCUT2D eigenvalue weighted by atomic mass is 16.6. The van der Waals surface area contributed by atoms with Gasteiger partial charge in [0.15, 0.2) is 5.79 Å². The molecule has 23 heavy (non-hydrogen) atoms. The molecule has 0 aromatic heterocycles. The molecule has 0 aliphatic carbocycles. The van der Waals surface area contributed by atoms with Gasteiger partial charge in [0.2, 0.25) is 0 Å². The molecule has 0 bridgehead atoms. The Kier molecular flexibility index (Phi) is 5.98. The molecule has 2 N–H and O–H groups in total. The van der Waals surface area contributed by atoms with Gasteiger partial charge in [-0.3, -0.25) is 0 Å². The van der Waals surface area contributed by atoms with Crippen LogP contribution in [0.3, 0.4) is 0 Å². The van der Waals surface area contributed by atoms with Crippen LogP contribution in [0.5, 0.6) is 0 Å². The van der Waals surface area contributed by atoms with E-state index in [1.807, 2.05) is 30.3 Å². The first-order valence-electron chi connectivity index (χ1n) is 7.87. The lowest BCUT2D eigenvalue weighted by atomic mass is 10.1. The number of benzene rings is 1. The van der Waals surface area contributed by atoms with Gasteiger partial charge in [-0.05, 0) is 32.3 Å². The molecule has 6 nitrogen and oxygen atoms in total. The maximum atomic E-state index is 12.2. The highest BCUT2D eigenvalue weighted by Crippen LogP contribution is 2.22. The number of carbonyl (C=O) groups excluding carboxylic acids is 1. The topological polar surface area (TPSA) is 79.2 Å². The number of rotatable bonds is 6. The summed E-state index contributed by atoms with van der Waals surface area (Å²) in [5.74, 6) is -1.20. The molecule has 2 rings (SSSR count). The summed E-state index contributed by atoms with van der Waals surface area (Å²) in [6.45, 7) is 3.90. The fraction of sp³-hybridized carbons (Fsp3) is 0.588. The van der Waals surface area contributed by atoms with Crippen molar-refractivity contribution >= 4 is 6.09 Å².